The van der Waals surface area contributed by atoms with E-state index >= 15 is 0 Å². The maximum absolute atomic E-state index is 5.94. The van der Waals surface area contributed by atoms with E-state index in [1.165, 1.54) is 0 Å². The number of aromatic nitrogens is 2. The van der Waals surface area contributed by atoms with Gasteiger partial charge in [0.1, 0.15) is 0 Å². The monoisotopic (exact) mass is 177 g/mol. The first-order valence-corrected chi connectivity index (χ1v) is 4.24. The van der Waals surface area contributed by atoms with Gasteiger partial charge in [0, 0.05) is 0 Å². The second-order valence-electron chi connectivity index (χ2n) is 3.35. The molecule has 0 aromatic carbocycles. The summed E-state index contributed by atoms with van der Waals surface area (Å²) >= 11 is 0. The Kier molecular flexibility index (Phi) is 2.78. The minimum absolute atomic E-state index is 0.130. The molecule has 0 saturated heterocycles. The molecule has 0 aliphatic rings. The van der Waals surface area contributed by atoms with E-state index in [2.05, 4.69) is 16.8 Å². The Labute approximate surface area is 78.7 Å². The molecule has 1 aromatic rings. The second kappa shape index (κ2) is 3.66. The zero-order valence-corrected chi connectivity index (χ0v) is 8.33. The molecule has 13 heavy (non-hydrogen) atoms. The van der Waals surface area contributed by atoms with Crippen LogP contribution in [0.15, 0.2) is 18.2 Å². The number of aryl methyl sites for hydroxylation is 2. The summed E-state index contributed by atoms with van der Waals surface area (Å²) in [6.07, 6.45) is 0. The third-order valence-corrected chi connectivity index (χ3v) is 2.01. The third kappa shape index (κ3) is 2.12. The van der Waals surface area contributed by atoms with Gasteiger partial charge in [-0.3, -0.25) is 0 Å². The van der Waals surface area contributed by atoms with Crippen LogP contribution in [0.2, 0.25) is 0 Å². The van der Waals surface area contributed by atoms with Gasteiger partial charge in [0.25, 0.3) is 0 Å². The van der Waals surface area contributed by atoms with Crippen LogP contribution in [0.4, 0.5) is 0 Å². The summed E-state index contributed by atoms with van der Waals surface area (Å²) in [7, 11) is 0. The van der Waals surface area contributed by atoms with Crippen LogP contribution in [0, 0.1) is 13.8 Å². The Morgan fingerprint density at radius 1 is 1.46 bits per heavy atom. The highest BCUT2D eigenvalue weighted by Crippen LogP contribution is 2.19. The quantitative estimate of drug-likeness (QED) is 0.699. The summed E-state index contributed by atoms with van der Waals surface area (Å²) in [5.41, 5.74) is 9.66. The van der Waals surface area contributed by atoms with Gasteiger partial charge in [-0.2, -0.15) is 10.2 Å². The predicted molar refractivity (Wildman–Crippen MR) is 53.2 cm³/mol. The number of hydrogen-bond acceptors (Lipinski definition) is 3. The first-order chi connectivity index (χ1) is 6.02. The molecule has 3 nitrogen and oxygen atoms in total. The van der Waals surface area contributed by atoms with Crippen molar-refractivity contribution in [2.24, 2.45) is 5.73 Å². The molecular weight excluding hydrogens is 162 g/mol. The molecule has 0 spiro atoms. The largest absolute Gasteiger partial charge is 0.321 e. The molecule has 0 saturated carbocycles. The van der Waals surface area contributed by atoms with E-state index in [0.717, 1.165) is 22.5 Å². The molecule has 1 rings (SSSR count). The molecule has 1 heterocycles. The first kappa shape index (κ1) is 9.86. The Hall–Kier alpha value is -1.22. The number of hydrogen-bond donors (Lipinski definition) is 1. The minimum atomic E-state index is -0.130. The van der Waals surface area contributed by atoms with Crippen molar-refractivity contribution in [3.8, 4) is 0 Å². The molecule has 0 radical (unpaired) electrons. The lowest BCUT2D eigenvalue weighted by Crippen LogP contribution is -2.14. The van der Waals surface area contributed by atoms with E-state index < -0.39 is 0 Å². The number of nitrogens with zero attached hydrogens (tertiary/aromatic N) is 2. The number of rotatable bonds is 2. The molecule has 3 heteroatoms. The van der Waals surface area contributed by atoms with Gasteiger partial charge in [-0.15, -0.1) is 0 Å². The molecule has 1 aromatic heterocycles. The average molecular weight is 177 g/mol. The summed E-state index contributed by atoms with van der Waals surface area (Å²) in [5.74, 6) is 0. The summed E-state index contributed by atoms with van der Waals surface area (Å²) in [6, 6.07) is 1.83. The van der Waals surface area contributed by atoms with Gasteiger partial charge in [-0.1, -0.05) is 12.2 Å². The van der Waals surface area contributed by atoms with Gasteiger partial charge in [0.05, 0.1) is 17.4 Å². The highest BCUT2D eigenvalue weighted by atomic mass is 15.1. The smallest absolute Gasteiger partial charge is 0.0651 e. The second-order valence-corrected chi connectivity index (χ2v) is 3.35. The predicted octanol–water partition coefficient (Wildman–Crippen LogP) is 1.67. The van der Waals surface area contributed by atoms with Crippen LogP contribution in [-0.2, 0) is 0 Å². The van der Waals surface area contributed by atoms with Crippen molar-refractivity contribution in [2.75, 3.05) is 0 Å². The van der Waals surface area contributed by atoms with Crippen LogP contribution < -0.4 is 5.73 Å². The Morgan fingerprint density at radius 3 is 2.62 bits per heavy atom. The molecule has 2 N–H and O–H groups in total. The summed E-state index contributed by atoms with van der Waals surface area (Å²) in [4.78, 5) is 0. The van der Waals surface area contributed by atoms with Crippen LogP contribution in [0.5, 0.6) is 0 Å². The summed E-state index contributed by atoms with van der Waals surface area (Å²) < 4.78 is 0. The summed E-state index contributed by atoms with van der Waals surface area (Å²) in [5, 5.41) is 7.96. The highest BCUT2D eigenvalue weighted by Gasteiger charge is 2.10. The van der Waals surface area contributed by atoms with E-state index in [1.54, 1.807) is 0 Å². The van der Waals surface area contributed by atoms with Gasteiger partial charge >= 0.3 is 0 Å². The van der Waals surface area contributed by atoms with E-state index in [9.17, 15) is 0 Å². The number of nitrogens with two attached hydrogens (primary N) is 1. The standard InChI is InChI=1S/C10H15N3/c1-6(2)10(11)9-5-7(3)12-13-8(9)4/h5,10H,1,11H2,2-4H3. The highest BCUT2D eigenvalue weighted by molar-refractivity contribution is 5.29. The molecule has 70 valence electrons. The normalized spacial score (nSPS) is 12.6. The van der Waals surface area contributed by atoms with Crippen molar-refractivity contribution in [1.29, 1.82) is 0 Å². The van der Waals surface area contributed by atoms with E-state index in [1.807, 2.05) is 26.8 Å². The Bertz CT molecular complexity index is 331. The fraction of sp³-hybridized carbons (Fsp3) is 0.400. The van der Waals surface area contributed by atoms with Crippen molar-refractivity contribution in [2.45, 2.75) is 26.8 Å². The average Bonchev–Trinajstić information content (AvgIpc) is 2.08. The molecule has 0 amide bonds. The molecule has 0 aliphatic heterocycles. The van der Waals surface area contributed by atoms with Gasteiger partial charge in [0.2, 0.25) is 0 Å². The zero-order valence-electron chi connectivity index (χ0n) is 8.33. The van der Waals surface area contributed by atoms with Gasteiger partial charge < -0.3 is 5.73 Å². The lowest BCUT2D eigenvalue weighted by Gasteiger charge is -2.13. The van der Waals surface area contributed by atoms with Crippen LogP contribution in [0.25, 0.3) is 0 Å². The third-order valence-electron chi connectivity index (χ3n) is 2.01. The lowest BCUT2D eigenvalue weighted by molar-refractivity contribution is 0.800. The van der Waals surface area contributed by atoms with Crippen LogP contribution in [0.3, 0.4) is 0 Å². The minimum Gasteiger partial charge on any atom is -0.321 e. The van der Waals surface area contributed by atoms with Crippen molar-refractivity contribution in [3.05, 3.63) is 35.2 Å². The molecule has 0 bridgehead atoms. The zero-order chi connectivity index (χ0) is 10.0. The van der Waals surface area contributed by atoms with Crippen LogP contribution in [0.1, 0.15) is 29.9 Å². The van der Waals surface area contributed by atoms with E-state index in [-0.39, 0.29) is 6.04 Å². The molecule has 0 aliphatic carbocycles. The van der Waals surface area contributed by atoms with Gasteiger partial charge in [0.15, 0.2) is 0 Å². The maximum Gasteiger partial charge on any atom is 0.0651 e. The summed E-state index contributed by atoms with van der Waals surface area (Å²) in [6.45, 7) is 9.56. The molecule has 1 unspecified atom stereocenters. The van der Waals surface area contributed by atoms with Crippen molar-refractivity contribution in [3.63, 3.8) is 0 Å². The van der Waals surface area contributed by atoms with E-state index in [4.69, 9.17) is 5.73 Å². The molecular formula is C10H15N3. The van der Waals surface area contributed by atoms with Crippen molar-refractivity contribution in [1.82, 2.24) is 10.2 Å². The lowest BCUT2D eigenvalue weighted by atomic mass is 10.0. The topological polar surface area (TPSA) is 51.8 Å². The first-order valence-electron chi connectivity index (χ1n) is 4.24. The van der Waals surface area contributed by atoms with Crippen LogP contribution in [-0.4, -0.2) is 10.2 Å². The molecule has 1 atom stereocenters. The van der Waals surface area contributed by atoms with Crippen molar-refractivity contribution < 1.29 is 0 Å². The molecule has 0 fully saturated rings. The SMILES string of the molecule is C=C(C)C(N)c1cc(C)nnc1C. The fourth-order valence-corrected chi connectivity index (χ4v) is 1.15. The maximum atomic E-state index is 5.94. The van der Waals surface area contributed by atoms with E-state index in [0.29, 0.717) is 0 Å². The fourth-order valence-electron chi connectivity index (χ4n) is 1.15. The Morgan fingerprint density at radius 2 is 2.08 bits per heavy atom. The van der Waals surface area contributed by atoms with Gasteiger partial charge in [-0.05, 0) is 32.4 Å². The van der Waals surface area contributed by atoms with Gasteiger partial charge in [-0.25, -0.2) is 0 Å². The Balaban J connectivity index is 3.12. The van der Waals surface area contributed by atoms with Crippen molar-refractivity contribution >= 4 is 0 Å². The van der Waals surface area contributed by atoms with Crippen LogP contribution >= 0.6 is 0 Å².